The summed E-state index contributed by atoms with van der Waals surface area (Å²) in [7, 11) is 0. The van der Waals surface area contributed by atoms with Crippen LogP contribution in [0.1, 0.15) is 46.9 Å². The van der Waals surface area contributed by atoms with Crippen molar-refractivity contribution < 1.29 is 19.1 Å². The molecule has 2 amide bonds. The molecule has 0 aliphatic carbocycles. The van der Waals surface area contributed by atoms with E-state index in [-0.39, 0.29) is 23.7 Å². The van der Waals surface area contributed by atoms with Gasteiger partial charge in [0.05, 0.1) is 22.8 Å². The first-order valence-corrected chi connectivity index (χ1v) is 10.5. The summed E-state index contributed by atoms with van der Waals surface area (Å²) >= 11 is 6.12. The fourth-order valence-corrected chi connectivity index (χ4v) is 3.58. The molecule has 0 spiro atoms. The Kier molecular flexibility index (Phi) is 7.46. The number of halogens is 1. The summed E-state index contributed by atoms with van der Waals surface area (Å²) < 4.78 is 5.10. The Labute approximate surface area is 181 Å². The number of hydrogen-bond acceptors (Lipinski definition) is 4. The number of nitrogens with zero attached hydrogens (tertiary/aromatic N) is 1. The van der Waals surface area contributed by atoms with E-state index in [9.17, 15) is 14.4 Å². The summed E-state index contributed by atoms with van der Waals surface area (Å²) in [6, 6.07) is 13.6. The van der Waals surface area contributed by atoms with Gasteiger partial charge in [0.2, 0.25) is 5.91 Å². The van der Waals surface area contributed by atoms with Crippen molar-refractivity contribution in [2.24, 2.45) is 5.92 Å². The Hall–Kier alpha value is -2.86. The van der Waals surface area contributed by atoms with Gasteiger partial charge >= 0.3 is 5.97 Å². The number of carbonyl (C=O) groups is 3. The number of carbonyl (C=O) groups excluding carboxylic acids is 3. The first-order chi connectivity index (χ1) is 14.5. The van der Waals surface area contributed by atoms with E-state index >= 15 is 0 Å². The van der Waals surface area contributed by atoms with Gasteiger partial charge < -0.3 is 15.0 Å². The lowest BCUT2D eigenvalue weighted by molar-refractivity contribution is -0.121. The number of piperidine rings is 1. The lowest BCUT2D eigenvalue weighted by Crippen LogP contribution is -2.41. The van der Waals surface area contributed by atoms with Gasteiger partial charge in [0.1, 0.15) is 0 Å². The van der Waals surface area contributed by atoms with Crippen LogP contribution in [0.5, 0.6) is 0 Å². The first kappa shape index (κ1) is 21.8. The average molecular weight is 429 g/mol. The quantitative estimate of drug-likeness (QED) is 0.692. The largest absolute Gasteiger partial charge is 0.462 e. The average Bonchev–Trinajstić information content (AvgIpc) is 2.78. The van der Waals surface area contributed by atoms with Crippen LogP contribution in [0.4, 0.5) is 5.69 Å². The third-order valence-electron chi connectivity index (χ3n) is 5.08. The highest BCUT2D eigenvalue weighted by Gasteiger charge is 2.28. The molecule has 0 atom stereocenters. The number of rotatable bonds is 6. The smallest absolute Gasteiger partial charge is 0.338 e. The first-order valence-electron chi connectivity index (χ1n) is 10.1. The number of nitrogens with one attached hydrogen (secondary N) is 1. The van der Waals surface area contributed by atoms with Gasteiger partial charge in [-0.3, -0.25) is 9.59 Å². The lowest BCUT2D eigenvalue weighted by Gasteiger charge is -2.31. The fraction of sp³-hybridized carbons (Fsp3) is 0.348. The minimum absolute atomic E-state index is 0.0823. The summed E-state index contributed by atoms with van der Waals surface area (Å²) in [5.74, 6) is -0.731. The van der Waals surface area contributed by atoms with Gasteiger partial charge in [0, 0.05) is 24.7 Å². The number of hydrogen-bond donors (Lipinski definition) is 1. The molecule has 2 aromatic rings. The van der Waals surface area contributed by atoms with Crippen molar-refractivity contribution in [1.29, 1.82) is 0 Å². The van der Waals surface area contributed by atoms with Crippen LogP contribution in [0, 0.1) is 5.92 Å². The van der Waals surface area contributed by atoms with Gasteiger partial charge in [-0.2, -0.15) is 0 Å². The number of likely N-dealkylation sites (tertiary alicyclic amines) is 1. The normalized spacial score (nSPS) is 14.3. The van der Waals surface area contributed by atoms with Gasteiger partial charge in [-0.1, -0.05) is 30.7 Å². The second kappa shape index (κ2) is 10.3. The van der Waals surface area contributed by atoms with Gasteiger partial charge in [-0.15, -0.1) is 0 Å². The molecule has 1 saturated heterocycles. The summed E-state index contributed by atoms with van der Waals surface area (Å²) in [6.07, 6.45) is 1.94. The Balaban J connectivity index is 1.51. The molecule has 6 nitrogen and oxygen atoms in total. The molecule has 2 aromatic carbocycles. The van der Waals surface area contributed by atoms with Crippen LogP contribution in [-0.2, 0) is 9.53 Å². The number of benzene rings is 2. The summed E-state index contributed by atoms with van der Waals surface area (Å²) in [5.41, 5.74) is 1.56. The van der Waals surface area contributed by atoms with Gasteiger partial charge in [0.15, 0.2) is 0 Å². The van der Waals surface area contributed by atoms with Gasteiger partial charge in [-0.05, 0) is 55.7 Å². The highest BCUT2D eigenvalue weighted by molar-refractivity contribution is 6.33. The second-order valence-electron chi connectivity index (χ2n) is 7.25. The standard InChI is InChI=1S/C23H25ClN2O4/c1-2-15-30-23(29)17-7-9-18(10-8-17)25-21(27)16-11-13-26(14-12-16)22(28)19-5-3-4-6-20(19)24/h3-10,16H,2,11-15H2,1H3,(H,25,27). The van der Waals surface area contributed by atoms with Crippen LogP contribution in [0.25, 0.3) is 0 Å². The van der Waals surface area contributed by atoms with Crippen molar-refractivity contribution in [3.63, 3.8) is 0 Å². The summed E-state index contributed by atoms with van der Waals surface area (Å²) in [6.45, 7) is 3.33. The van der Waals surface area contributed by atoms with Gasteiger partial charge in [-0.25, -0.2) is 4.79 Å². The number of ether oxygens (including phenoxy) is 1. The lowest BCUT2D eigenvalue weighted by atomic mass is 9.95. The zero-order valence-electron chi connectivity index (χ0n) is 16.9. The van der Waals surface area contributed by atoms with Crippen LogP contribution < -0.4 is 5.32 Å². The van der Waals surface area contributed by atoms with Crippen molar-refractivity contribution in [2.45, 2.75) is 26.2 Å². The summed E-state index contributed by atoms with van der Waals surface area (Å²) in [4.78, 5) is 38.8. The van der Waals surface area contributed by atoms with Crippen molar-refractivity contribution in [1.82, 2.24) is 4.90 Å². The molecule has 0 unspecified atom stereocenters. The molecule has 1 fully saturated rings. The molecule has 1 heterocycles. The van der Waals surface area contributed by atoms with Crippen LogP contribution in [0.3, 0.4) is 0 Å². The predicted octanol–water partition coefficient (Wildman–Crippen LogP) is 4.40. The maximum Gasteiger partial charge on any atom is 0.338 e. The van der Waals surface area contributed by atoms with E-state index in [0.717, 1.165) is 6.42 Å². The van der Waals surface area contributed by atoms with Crippen molar-refractivity contribution in [3.8, 4) is 0 Å². The molecule has 158 valence electrons. The van der Waals surface area contributed by atoms with E-state index in [1.54, 1.807) is 53.4 Å². The molecule has 0 aromatic heterocycles. The third-order valence-corrected chi connectivity index (χ3v) is 5.41. The van der Waals surface area contributed by atoms with Gasteiger partial charge in [0.25, 0.3) is 5.91 Å². The van der Waals surface area contributed by atoms with Crippen LogP contribution in [-0.4, -0.2) is 42.4 Å². The topological polar surface area (TPSA) is 75.7 Å². The molecule has 30 heavy (non-hydrogen) atoms. The molecule has 1 aliphatic heterocycles. The molecule has 0 bridgehead atoms. The van der Waals surface area contributed by atoms with Crippen LogP contribution >= 0.6 is 11.6 Å². The fourth-order valence-electron chi connectivity index (χ4n) is 3.36. The Morgan fingerprint density at radius 2 is 1.73 bits per heavy atom. The van der Waals surface area contributed by atoms with Crippen LogP contribution in [0.2, 0.25) is 5.02 Å². The monoisotopic (exact) mass is 428 g/mol. The number of esters is 1. The van der Waals surface area contributed by atoms with E-state index in [4.69, 9.17) is 16.3 Å². The zero-order valence-corrected chi connectivity index (χ0v) is 17.7. The third kappa shape index (κ3) is 5.39. The Morgan fingerprint density at radius 1 is 1.07 bits per heavy atom. The summed E-state index contributed by atoms with van der Waals surface area (Å²) in [5, 5.41) is 3.32. The van der Waals surface area contributed by atoms with Crippen LogP contribution in [0.15, 0.2) is 48.5 Å². The Morgan fingerprint density at radius 3 is 2.37 bits per heavy atom. The maximum atomic E-state index is 12.6. The SMILES string of the molecule is CCCOC(=O)c1ccc(NC(=O)C2CCN(C(=O)c3ccccc3Cl)CC2)cc1. The molecular formula is C23H25ClN2O4. The minimum atomic E-state index is -0.370. The highest BCUT2D eigenvalue weighted by Crippen LogP contribution is 2.23. The van der Waals surface area contributed by atoms with E-state index in [1.807, 2.05) is 6.92 Å². The number of anilines is 1. The molecule has 1 aliphatic rings. The molecule has 0 radical (unpaired) electrons. The van der Waals surface area contributed by atoms with E-state index < -0.39 is 0 Å². The Bertz CT molecular complexity index is 906. The van der Waals surface area contributed by atoms with Crippen molar-refractivity contribution in [3.05, 3.63) is 64.7 Å². The van der Waals surface area contributed by atoms with Crippen molar-refractivity contribution in [2.75, 3.05) is 25.0 Å². The molecular weight excluding hydrogens is 404 g/mol. The molecule has 0 saturated carbocycles. The molecule has 3 rings (SSSR count). The molecule has 7 heteroatoms. The molecule has 1 N–H and O–H groups in total. The van der Waals surface area contributed by atoms with E-state index in [1.165, 1.54) is 0 Å². The minimum Gasteiger partial charge on any atom is -0.462 e. The van der Waals surface area contributed by atoms with Crippen molar-refractivity contribution >= 4 is 35.1 Å². The second-order valence-corrected chi connectivity index (χ2v) is 7.66. The van der Waals surface area contributed by atoms with E-state index in [0.29, 0.717) is 54.4 Å². The highest BCUT2D eigenvalue weighted by atomic mass is 35.5. The zero-order chi connectivity index (χ0) is 21.5. The number of amides is 2. The predicted molar refractivity (Wildman–Crippen MR) is 116 cm³/mol. The maximum absolute atomic E-state index is 12.6. The van der Waals surface area contributed by atoms with E-state index in [2.05, 4.69) is 5.32 Å².